The average Bonchev–Trinajstić information content (AvgIpc) is 2.83. The molecule has 0 heterocycles. The van der Waals surface area contributed by atoms with E-state index in [0.717, 1.165) is 47.8 Å². The fraction of sp³-hybridized carbons (Fsp3) is 0.448. The fourth-order valence-electron chi connectivity index (χ4n) is 5.27. The van der Waals surface area contributed by atoms with Crippen LogP contribution in [0.1, 0.15) is 63.9 Å². The Morgan fingerprint density at radius 3 is 2.23 bits per heavy atom. The van der Waals surface area contributed by atoms with Crippen molar-refractivity contribution >= 4 is 10.8 Å². The Morgan fingerprint density at radius 1 is 0.857 bits per heavy atom. The molecule has 1 saturated carbocycles. The molecule has 0 N–H and O–H groups in total. The molecule has 0 amide bonds. The first-order valence-electron chi connectivity index (χ1n) is 12.5. The number of hydrogen-bond acceptors (Lipinski definition) is 1. The van der Waals surface area contributed by atoms with Crippen LogP contribution in [0, 0.1) is 23.5 Å². The first-order valence-corrected chi connectivity index (χ1v) is 12.5. The minimum absolute atomic E-state index is 0.127. The second-order valence-electron chi connectivity index (χ2n) is 9.74. The van der Waals surface area contributed by atoms with Gasteiger partial charge in [0, 0.05) is 10.9 Å². The van der Waals surface area contributed by atoms with Gasteiger partial charge in [0.1, 0.15) is 5.82 Å². The van der Waals surface area contributed by atoms with E-state index >= 15 is 4.39 Å². The van der Waals surface area contributed by atoms with Crippen molar-refractivity contribution in [3.63, 3.8) is 0 Å². The fourth-order valence-corrected chi connectivity index (χ4v) is 5.27. The van der Waals surface area contributed by atoms with Crippen LogP contribution in [-0.4, -0.2) is 6.36 Å². The Kier molecular flexibility index (Phi) is 7.98. The van der Waals surface area contributed by atoms with Gasteiger partial charge in [-0.2, -0.15) is 0 Å². The number of halogens is 5. The zero-order valence-corrected chi connectivity index (χ0v) is 19.9. The van der Waals surface area contributed by atoms with Gasteiger partial charge in [0.05, 0.1) is 0 Å². The summed E-state index contributed by atoms with van der Waals surface area (Å²) in [5, 5.41) is 1.16. The molecule has 0 spiro atoms. The second-order valence-corrected chi connectivity index (χ2v) is 9.74. The number of rotatable bonds is 8. The number of unbranched alkanes of at least 4 members (excludes halogenated alkanes) is 1. The molecule has 3 aromatic carbocycles. The lowest BCUT2D eigenvalue weighted by molar-refractivity contribution is -0.275. The van der Waals surface area contributed by atoms with Crippen molar-refractivity contribution in [2.45, 2.75) is 71.1 Å². The minimum atomic E-state index is -5.00. The summed E-state index contributed by atoms with van der Waals surface area (Å²) < 4.78 is 70.2. The van der Waals surface area contributed by atoms with Crippen LogP contribution >= 0.6 is 0 Å². The highest BCUT2D eigenvalue weighted by atomic mass is 19.4. The molecule has 35 heavy (non-hydrogen) atoms. The number of ether oxygens (including phenoxy) is 1. The molecule has 0 atom stereocenters. The van der Waals surface area contributed by atoms with E-state index in [9.17, 15) is 17.6 Å². The van der Waals surface area contributed by atoms with Crippen molar-refractivity contribution < 1.29 is 26.7 Å². The van der Waals surface area contributed by atoms with Gasteiger partial charge >= 0.3 is 6.36 Å². The van der Waals surface area contributed by atoms with Gasteiger partial charge in [-0.15, -0.1) is 13.2 Å². The molecule has 1 aliphatic rings. The summed E-state index contributed by atoms with van der Waals surface area (Å²) in [6.45, 7) is 2.25. The molecule has 0 aliphatic heterocycles. The quantitative estimate of drug-likeness (QED) is 0.286. The smallest absolute Gasteiger partial charge is 0.403 e. The van der Waals surface area contributed by atoms with Crippen LogP contribution in [0.2, 0.25) is 0 Å². The molecule has 1 fully saturated rings. The standard InChI is InChI=1S/C29H31F5O/c1-2-3-4-19-5-7-20(8-6-19)9-10-21-11-14-24-22(17-21)12-15-25(28(24)31)23-13-16-27(26(30)18-23)35-29(32,33)34/h11-20H,2-10H2,1H3/t19-,20-. The van der Waals surface area contributed by atoms with Crippen LogP contribution in [0.3, 0.4) is 0 Å². The normalized spacial score (nSPS) is 18.7. The molecule has 0 radical (unpaired) electrons. The molecule has 0 saturated heterocycles. The molecule has 0 unspecified atom stereocenters. The lowest BCUT2D eigenvalue weighted by atomic mass is 9.78. The Labute approximate surface area is 203 Å². The predicted molar refractivity (Wildman–Crippen MR) is 129 cm³/mol. The lowest BCUT2D eigenvalue weighted by Gasteiger charge is -2.28. The van der Waals surface area contributed by atoms with Crippen molar-refractivity contribution in [1.29, 1.82) is 0 Å². The van der Waals surface area contributed by atoms with Crippen LogP contribution in [0.15, 0.2) is 48.5 Å². The van der Waals surface area contributed by atoms with E-state index in [2.05, 4.69) is 11.7 Å². The highest BCUT2D eigenvalue weighted by molar-refractivity contribution is 5.88. The van der Waals surface area contributed by atoms with Gasteiger partial charge < -0.3 is 4.74 Å². The molecule has 1 nitrogen and oxygen atoms in total. The summed E-state index contributed by atoms with van der Waals surface area (Å²) in [5.41, 5.74) is 1.44. The van der Waals surface area contributed by atoms with E-state index in [-0.39, 0.29) is 11.1 Å². The van der Waals surface area contributed by atoms with Crippen LogP contribution in [0.25, 0.3) is 21.9 Å². The van der Waals surface area contributed by atoms with Crippen LogP contribution in [-0.2, 0) is 6.42 Å². The number of hydrogen-bond donors (Lipinski definition) is 0. The van der Waals surface area contributed by atoms with Gasteiger partial charge in [-0.25, -0.2) is 8.78 Å². The Balaban J connectivity index is 1.43. The molecular formula is C29H31F5O. The molecule has 1 aliphatic carbocycles. The van der Waals surface area contributed by atoms with E-state index < -0.39 is 23.7 Å². The van der Waals surface area contributed by atoms with Gasteiger partial charge in [0.15, 0.2) is 11.6 Å². The summed E-state index contributed by atoms with van der Waals surface area (Å²) in [7, 11) is 0. The van der Waals surface area contributed by atoms with Gasteiger partial charge in [-0.1, -0.05) is 88.3 Å². The zero-order valence-electron chi connectivity index (χ0n) is 19.9. The highest BCUT2D eigenvalue weighted by Crippen LogP contribution is 2.36. The third-order valence-electron chi connectivity index (χ3n) is 7.26. The third-order valence-corrected chi connectivity index (χ3v) is 7.26. The maximum absolute atomic E-state index is 15.3. The predicted octanol–water partition coefficient (Wildman–Crippen LogP) is 9.61. The average molecular weight is 491 g/mol. The number of alkyl halides is 3. The molecule has 188 valence electrons. The summed E-state index contributed by atoms with van der Waals surface area (Å²) in [6.07, 6.45) is 6.31. The maximum Gasteiger partial charge on any atom is 0.573 e. The topological polar surface area (TPSA) is 9.23 Å². The first kappa shape index (κ1) is 25.5. The van der Waals surface area contributed by atoms with Gasteiger partial charge in [0.2, 0.25) is 0 Å². The van der Waals surface area contributed by atoms with Crippen molar-refractivity contribution in [3.8, 4) is 16.9 Å². The van der Waals surface area contributed by atoms with Gasteiger partial charge in [-0.05, 0) is 53.3 Å². The van der Waals surface area contributed by atoms with E-state index in [4.69, 9.17) is 0 Å². The summed E-state index contributed by atoms with van der Waals surface area (Å²) in [5.74, 6) is -1.02. The van der Waals surface area contributed by atoms with E-state index in [1.165, 1.54) is 57.1 Å². The first-order chi connectivity index (χ1) is 16.7. The van der Waals surface area contributed by atoms with Crippen molar-refractivity contribution in [2.75, 3.05) is 0 Å². The Morgan fingerprint density at radius 2 is 1.57 bits per heavy atom. The van der Waals surface area contributed by atoms with Crippen molar-refractivity contribution in [3.05, 3.63) is 65.7 Å². The van der Waals surface area contributed by atoms with E-state index in [1.54, 1.807) is 12.1 Å². The molecule has 0 bridgehead atoms. The van der Waals surface area contributed by atoms with Crippen molar-refractivity contribution in [1.82, 2.24) is 0 Å². The highest BCUT2D eigenvalue weighted by Gasteiger charge is 2.32. The Bertz CT molecular complexity index is 1150. The van der Waals surface area contributed by atoms with Crippen molar-refractivity contribution in [2.24, 2.45) is 11.8 Å². The third kappa shape index (κ3) is 6.53. The molecule has 0 aromatic heterocycles. The minimum Gasteiger partial charge on any atom is -0.403 e. The molecular weight excluding hydrogens is 459 g/mol. The largest absolute Gasteiger partial charge is 0.573 e. The zero-order chi connectivity index (χ0) is 25.0. The number of fused-ring (bicyclic) bond motifs is 1. The number of benzene rings is 3. The van der Waals surface area contributed by atoms with Crippen LogP contribution < -0.4 is 4.74 Å². The Hall–Kier alpha value is -2.63. The summed E-state index contributed by atoms with van der Waals surface area (Å²) in [6, 6.07) is 11.9. The molecule has 6 heteroatoms. The molecule has 3 aromatic rings. The van der Waals surface area contributed by atoms with E-state index in [1.807, 2.05) is 12.1 Å². The molecule has 4 rings (SSSR count). The second kappa shape index (κ2) is 11.0. The van der Waals surface area contributed by atoms with Crippen LogP contribution in [0.4, 0.5) is 22.0 Å². The maximum atomic E-state index is 15.3. The SMILES string of the molecule is CCCC[C@H]1CC[C@H](CCc2ccc3c(F)c(-c4ccc(OC(F)(F)F)c(F)c4)ccc3c2)CC1. The number of aryl methyl sites for hydroxylation is 1. The lowest BCUT2D eigenvalue weighted by Crippen LogP contribution is -2.17. The van der Waals surface area contributed by atoms with Gasteiger partial charge in [-0.3, -0.25) is 0 Å². The summed E-state index contributed by atoms with van der Waals surface area (Å²) in [4.78, 5) is 0. The van der Waals surface area contributed by atoms with Gasteiger partial charge in [0.25, 0.3) is 0 Å². The monoisotopic (exact) mass is 490 g/mol. The van der Waals surface area contributed by atoms with E-state index in [0.29, 0.717) is 5.39 Å². The summed E-state index contributed by atoms with van der Waals surface area (Å²) >= 11 is 0. The van der Waals surface area contributed by atoms with Crippen LogP contribution in [0.5, 0.6) is 5.75 Å².